The Morgan fingerprint density at radius 1 is 1.36 bits per heavy atom. The Balaban J connectivity index is 2.81. The molecule has 1 aromatic rings. The van der Waals surface area contributed by atoms with Crippen LogP contribution in [-0.4, -0.2) is 45.6 Å². The molecule has 0 aliphatic carbocycles. The number of aliphatic hydroxyl groups is 1. The smallest absolute Gasteiger partial charge is 0.396 e. The van der Waals surface area contributed by atoms with Crippen molar-refractivity contribution in [2.45, 2.75) is 52.1 Å². The first-order valence-electron chi connectivity index (χ1n) is 8.19. The zero-order valence-corrected chi connectivity index (χ0v) is 14.7. The molecule has 0 bridgehead atoms. The minimum Gasteiger partial charge on any atom is -0.396 e. The molecular weight excluding hydrogens is 330 g/mol. The lowest BCUT2D eigenvalue weighted by Crippen LogP contribution is -2.97. The Hall–Kier alpha value is -2.33. The Morgan fingerprint density at radius 2 is 2.04 bits per heavy atom. The molecule has 1 aromatic heterocycles. The molecule has 0 saturated heterocycles. The first-order chi connectivity index (χ1) is 11.8. The van der Waals surface area contributed by atoms with E-state index in [1.165, 1.54) is 5.32 Å². The Bertz CT molecular complexity index is 601. The highest BCUT2D eigenvalue weighted by Crippen LogP contribution is 2.14. The molecule has 10 heteroatoms. The van der Waals surface area contributed by atoms with E-state index < -0.39 is 24.0 Å². The molecule has 0 aliphatic heterocycles. The van der Waals surface area contributed by atoms with Gasteiger partial charge in [-0.1, -0.05) is 25.9 Å². The molecule has 0 aliphatic rings. The fraction of sp³-hybridized carbons (Fsp3) is 0.667. The van der Waals surface area contributed by atoms with Crippen molar-refractivity contribution < 1.29 is 29.3 Å². The van der Waals surface area contributed by atoms with Crippen LogP contribution in [0.3, 0.4) is 0 Å². The van der Waals surface area contributed by atoms with Gasteiger partial charge in [-0.25, -0.2) is 4.79 Å². The third kappa shape index (κ3) is 6.59. The summed E-state index contributed by atoms with van der Waals surface area (Å²) >= 11 is 0. The van der Waals surface area contributed by atoms with Crippen molar-refractivity contribution >= 4 is 17.7 Å². The van der Waals surface area contributed by atoms with Gasteiger partial charge in [0, 0.05) is 18.8 Å². The summed E-state index contributed by atoms with van der Waals surface area (Å²) in [6.07, 6.45) is 0.453. The monoisotopic (exact) mass is 356 g/mol. The number of rotatable bonds is 10. The van der Waals surface area contributed by atoms with Gasteiger partial charge in [0.05, 0.1) is 13.0 Å². The van der Waals surface area contributed by atoms with Gasteiger partial charge in [-0.15, -0.1) is 0 Å². The second-order valence-corrected chi connectivity index (χ2v) is 5.99. The van der Waals surface area contributed by atoms with E-state index in [0.717, 1.165) is 0 Å². The molecule has 0 spiro atoms. The van der Waals surface area contributed by atoms with Gasteiger partial charge in [-0.3, -0.25) is 20.2 Å². The van der Waals surface area contributed by atoms with E-state index >= 15 is 0 Å². The number of Topliss-reactive ketones (excluding diaryl/α,β-unsaturated/α-hetero) is 1. The lowest BCUT2D eigenvalue weighted by molar-refractivity contribution is -0.582. The molecule has 0 radical (unpaired) electrons. The van der Waals surface area contributed by atoms with E-state index in [1.54, 1.807) is 13.8 Å². The zero-order valence-electron chi connectivity index (χ0n) is 14.7. The molecule has 0 aromatic carbocycles. The molecule has 3 amide bonds. The van der Waals surface area contributed by atoms with Crippen molar-refractivity contribution in [2.24, 2.45) is 11.7 Å². The minimum absolute atomic E-state index is 0.0206. The Morgan fingerprint density at radius 3 is 2.56 bits per heavy atom. The number of aromatic nitrogens is 2. The van der Waals surface area contributed by atoms with Gasteiger partial charge in [0.2, 0.25) is 11.8 Å². The van der Waals surface area contributed by atoms with Crippen LogP contribution in [0.15, 0.2) is 4.52 Å². The molecule has 2 atom stereocenters. The number of urea groups is 1. The standard InChI is InChI=1S/C15H25N5O5/c1-4-9(13(23)8(2)3)17-15(24)18-10(7-11(16)22)14-19-12(5-6-21)20-25-14/h8-10,21H,4-7H2,1-3H3,(H2,16,22)(H2,17,18,24)/p+1/t9?,10-/m0/s1. The van der Waals surface area contributed by atoms with Crippen molar-refractivity contribution in [1.29, 1.82) is 0 Å². The maximum Gasteiger partial charge on any atom is 0.414 e. The number of amides is 3. The predicted molar refractivity (Wildman–Crippen MR) is 86.0 cm³/mol. The number of quaternary nitrogens is 1. The number of carbonyl (C=O) groups is 3. The molecule has 1 unspecified atom stereocenters. The molecular formula is C15H26N5O5+. The van der Waals surface area contributed by atoms with Gasteiger partial charge in [0.15, 0.2) is 17.6 Å². The minimum atomic E-state index is -0.896. The van der Waals surface area contributed by atoms with Crippen LogP contribution in [0.25, 0.3) is 0 Å². The van der Waals surface area contributed by atoms with Crippen LogP contribution in [0.4, 0.5) is 4.79 Å². The summed E-state index contributed by atoms with van der Waals surface area (Å²) in [5, 5.41) is 16.4. The summed E-state index contributed by atoms with van der Waals surface area (Å²) in [5.41, 5.74) is 5.20. The fourth-order valence-corrected chi connectivity index (χ4v) is 2.24. The number of primary amides is 2. The predicted octanol–water partition coefficient (Wildman–Crippen LogP) is -1.20. The van der Waals surface area contributed by atoms with Crippen LogP contribution in [0.2, 0.25) is 0 Å². The first kappa shape index (κ1) is 20.7. The number of aliphatic hydroxyl groups excluding tert-OH is 1. The highest BCUT2D eigenvalue weighted by atomic mass is 16.5. The van der Waals surface area contributed by atoms with Crippen LogP contribution in [0, 0.1) is 5.92 Å². The van der Waals surface area contributed by atoms with Crippen LogP contribution in [-0.2, 0) is 16.0 Å². The van der Waals surface area contributed by atoms with E-state index in [0.29, 0.717) is 6.42 Å². The summed E-state index contributed by atoms with van der Waals surface area (Å²) in [5.74, 6) is -0.601. The number of nitrogens with zero attached hydrogens (tertiary/aromatic N) is 2. The van der Waals surface area contributed by atoms with Gasteiger partial charge in [-0.05, 0) is 0 Å². The lowest BCUT2D eigenvalue weighted by Gasteiger charge is -2.16. The van der Waals surface area contributed by atoms with Crippen molar-refractivity contribution in [3.8, 4) is 0 Å². The molecule has 6 N–H and O–H groups in total. The van der Waals surface area contributed by atoms with E-state index in [2.05, 4.69) is 15.5 Å². The second kappa shape index (κ2) is 9.84. The SMILES string of the molecule is CCC([NH2+]C(=O)N[C@@H](CC(N)=O)c1nc(CCO)no1)C(=O)C(C)C. The number of hydrogen-bond donors (Lipinski definition) is 4. The van der Waals surface area contributed by atoms with Crippen LogP contribution < -0.4 is 16.4 Å². The molecule has 10 nitrogen and oxygen atoms in total. The number of carbonyl (C=O) groups excluding carboxylic acids is 3. The summed E-state index contributed by atoms with van der Waals surface area (Å²) in [7, 11) is 0. The number of nitrogens with two attached hydrogens (primary N) is 2. The summed E-state index contributed by atoms with van der Waals surface area (Å²) in [6, 6.07) is -1.93. The van der Waals surface area contributed by atoms with E-state index in [1.807, 2.05) is 6.92 Å². The van der Waals surface area contributed by atoms with E-state index in [4.69, 9.17) is 15.4 Å². The number of hydrogen-bond acceptors (Lipinski definition) is 7. The fourth-order valence-electron chi connectivity index (χ4n) is 2.24. The largest absolute Gasteiger partial charge is 0.414 e. The summed E-state index contributed by atoms with van der Waals surface area (Å²) in [4.78, 5) is 39.6. The van der Waals surface area contributed by atoms with E-state index in [-0.39, 0.29) is 42.9 Å². The summed E-state index contributed by atoms with van der Waals surface area (Å²) in [6.45, 7) is 5.20. The van der Waals surface area contributed by atoms with E-state index in [9.17, 15) is 14.4 Å². The second-order valence-electron chi connectivity index (χ2n) is 5.99. The average molecular weight is 356 g/mol. The van der Waals surface area contributed by atoms with Crippen LogP contribution in [0.1, 0.15) is 51.4 Å². The van der Waals surface area contributed by atoms with Crippen LogP contribution >= 0.6 is 0 Å². The van der Waals surface area contributed by atoms with Gasteiger partial charge in [-0.2, -0.15) is 4.98 Å². The average Bonchev–Trinajstić information content (AvgIpc) is 2.99. The topological polar surface area (TPSA) is 165 Å². The van der Waals surface area contributed by atoms with Gasteiger partial charge in [0.25, 0.3) is 0 Å². The third-order valence-corrected chi connectivity index (χ3v) is 3.57. The van der Waals surface area contributed by atoms with Crippen molar-refractivity contribution in [3.63, 3.8) is 0 Å². The van der Waals surface area contributed by atoms with Gasteiger partial charge < -0.3 is 15.4 Å². The highest BCUT2D eigenvalue weighted by molar-refractivity contribution is 5.85. The summed E-state index contributed by atoms with van der Waals surface area (Å²) < 4.78 is 5.02. The molecule has 1 rings (SSSR count). The first-order valence-corrected chi connectivity index (χ1v) is 8.19. The molecule has 0 saturated carbocycles. The molecule has 140 valence electrons. The highest BCUT2D eigenvalue weighted by Gasteiger charge is 2.29. The maximum atomic E-state index is 12.2. The van der Waals surface area contributed by atoms with Crippen molar-refractivity contribution in [2.75, 3.05) is 6.61 Å². The number of nitrogens with one attached hydrogen (secondary N) is 1. The lowest BCUT2D eigenvalue weighted by atomic mass is 10.00. The third-order valence-electron chi connectivity index (χ3n) is 3.57. The zero-order chi connectivity index (χ0) is 19.0. The van der Waals surface area contributed by atoms with Gasteiger partial charge in [0.1, 0.15) is 6.04 Å². The van der Waals surface area contributed by atoms with Gasteiger partial charge >= 0.3 is 6.03 Å². The van der Waals surface area contributed by atoms with Crippen molar-refractivity contribution in [3.05, 3.63) is 11.7 Å². The van der Waals surface area contributed by atoms with Crippen LogP contribution in [0.5, 0.6) is 0 Å². The normalized spacial score (nSPS) is 13.5. The molecule has 0 fully saturated rings. The molecule has 1 heterocycles. The number of ketones is 1. The Labute approximate surface area is 145 Å². The quantitative estimate of drug-likeness (QED) is 0.408. The molecule has 25 heavy (non-hydrogen) atoms. The maximum absolute atomic E-state index is 12.2. The Kier molecular flexibility index (Phi) is 8.16. The van der Waals surface area contributed by atoms with Crippen molar-refractivity contribution in [1.82, 2.24) is 15.5 Å².